The molecule has 0 aromatic heterocycles. The number of carbonyl (C=O) groups excluding carboxylic acids is 1. The van der Waals surface area contributed by atoms with Crippen molar-refractivity contribution in [2.45, 2.75) is 44.5 Å². The molecule has 0 spiro atoms. The number of aliphatic hydroxyl groups is 2. The lowest BCUT2D eigenvalue weighted by Gasteiger charge is -2.17. The lowest BCUT2D eigenvalue weighted by molar-refractivity contribution is -0.149. The third-order valence-corrected chi connectivity index (χ3v) is 2.11. The smallest absolute Gasteiger partial charge is 0.306 e. The molecule has 1 heterocycles. The van der Waals surface area contributed by atoms with E-state index in [0.29, 0.717) is 12.8 Å². The monoisotopic (exact) mass is 200 g/mol. The summed E-state index contributed by atoms with van der Waals surface area (Å²) in [7, 11) is 0. The molecule has 80 valence electrons. The highest BCUT2D eigenvalue weighted by molar-refractivity contribution is 5.69. The summed E-state index contributed by atoms with van der Waals surface area (Å²) in [5.74, 6) is -0.320. The number of hydrogen-bond donors (Lipinski definition) is 2. The third kappa shape index (κ3) is 3.89. The first kappa shape index (κ1) is 11.2. The molecule has 0 fully saturated rings. The van der Waals surface area contributed by atoms with Gasteiger partial charge in [0.05, 0.1) is 12.2 Å². The minimum Gasteiger partial charge on any atom is -0.463 e. The van der Waals surface area contributed by atoms with E-state index < -0.39 is 12.2 Å². The van der Waals surface area contributed by atoms with Gasteiger partial charge in [0.15, 0.2) is 0 Å². The van der Waals surface area contributed by atoms with Crippen LogP contribution in [0.2, 0.25) is 0 Å². The molecule has 2 N–H and O–H groups in total. The lowest BCUT2D eigenvalue weighted by atomic mass is 10.1. The summed E-state index contributed by atoms with van der Waals surface area (Å²) in [4.78, 5) is 11.1. The first-order valence-electron chi connectivity index (χ1n) is 4.82. The number of carbonyl (C=O) groups is 1. The fourth-order valence-electron chi connectivity index (χ4n) is 1.37. The minimum absolute atomic E-state index is 0.214. The van der Waals surface area contributed by atoms with Crippen LogP contribution in [0, 0.1) is 0 Å². The molecule has 1 rings (SSSR count). The van der Waals surface area contributed by atoms with Crippen LogP contribution in [0.3, 0.4) is 0 Å². The van der Waals surface area contributed by atoms with Gasteiger partial charge >= 0.3 is 5.97 Å². The Balaban J connectivity index is 2.60. The Morgan fingerprint density at radius 2 is 2.00 bits per heavy atom. The van der Waals surface area contributed by atoms with Crippen LogP contribution in [0.1, 0.15) is 26.2 Å². The largest absolute Gasteiger partial charge is 0.463 e. The highest BCUT2D eigenvalue weighted by Gasteiger charge is 2.16. The van der Waals surface area contributed by atoms with Gasteiger partial charge in [-0.3, -0.25) is 4.79 Å². The lowest BCUT2D eigenvalue weighted by Crippen LogP contribution is -2.22. The van der Waals surface area contributed by atoms with Crippen molar-refractivity contribution in [2.24, 2.45) is 0 Å². The fourth-order valence-corrected chi connectivity index (χ4v) is 1.37. The van der Waals surface area contributed by atoms with Crippen molar-refractivity contribution in [1.82, 2.24) is 0 Å². The van der Waals surface area contributed by atoms with E-state index in [1.165, 1.54) is 6.08 Å². The first-order chi connectivity index (χ1) is 6.58. The molecule has 1 aliphatic rings. The van der Waals surface area contributed by atoms with E-state index in [9.17, 15) is 15.0 Å². The molecule has 0 radical (unpaired) electrons. The zero-order valence-corrected chi connectivity index (χ0v) is 8.22. The number of esters is 1. The molecular formula is C10H16O4. The average molecular weight is 200 g/mol. The summed E-state index contributed by atoms with van der Waals surface area (Å²) in [5.41, 5.74) is 0. The quantitative estimate of drug-likeness (QED) is 0.438. The van der Waals surface area contributed by atoms with Gasteiger partial charge in [-0.1, -0.05) is 12.2 Å². The number of aliphatic hydroxyl groups excluding tert-OH is 2. The number of cyclic esters (lactones) is 1. The minimum atomic E-state index is -0.675. The van der Waals surface area contributed by atoms with Crippen LogP contribution >= 0.6 is 0 Å². The standard InChI is InChI=1S/C10H16O4/c1-7-6-9(12)3-2-8(11)4-5-10(13)14-7/h2-3,7-9,11-12H,4-6H2,1H3/b3-2+/t7-,8-,9-/m0/s1. The second-order valence-corrected chi connectivity index (χ2v) is 3.59. The molecular weight excluding hydrogens is 184 g/mol. The molecule has 0 amide bonds. The number of ether oxygens (including phenoxy) is 1. The van der Waals surface area contributed by atoms with Gasteiger partial charge in [0.1, 0.15) is 6.10 Å². The first-order valence-corrected chi connectivity index (χ1v) is 4.82. The summed E-state index contributed by atoms with van der Waals surface area (Å²) in [6, 6.07) is 0. The van der Waals surface area contributed by atoms with E-state index in [1.807, 2.05) is 0 Å². The van der Waals surface area contributed by atoms with Crippen LogP contribution in [-0.2, 0) is 9.53 Å². The summed E-state index contributed by atoms with van der Waals surface area (Å²) >= 11 is 0. The Morgan fingerprint density at radius 3 is 2.71 bits per heavy atom. The second kappa shape index (κ2) is 5.12. The highest BCUT2D eigenvalue weighted by Crippen LogP contribution is 2.10. The molecule has 4 nitrogen and oxygen atoms in total. The van der Waals surface area contributed by atoms with Gasteiger partial charge in [-0.05, 0) is 13.3 Å². The van der Waals surface area contributed by atoms with Gasteiger partial charge in [-0.2, -0.15) is 0 Å². The fraction of sp³-hybridized carbons (Fsp3) is 0.700. The normalized spacial score (nSPS) is 37.4. The molecule has 0 saturated heterocycles. The Hall–Kier alpha value is -0.870. The van der Waals surface area contributed by atoms with E-state index in [4.69, 9.17) is 4.74 Å². The van der Waals surface area contributed by atoms with Crippen molar-refractivity contribution in [3.63, 3.8) is 0 Å². The van der Waals surface area contributed by atoms with Crippen LogP contribution in [-0.4, -0.2) is 34.5 Å². The van der Waals surface area contributed by atoms with Crippen LogP contribution in [0.4, 0.5) is 0 Å². The van der Waals surface area contributed by atoms with Crippen molar-refractivity contribution in [2.75, 3.05) is 0 Å². The van der Waals surface area contributed by atoms with Crippen molar-refractivity contribution >= 4 is 5.97 Å². The van der Waals surface area contributed by atoms with Crippen LogP contribution in [0.5, 0.6) is 0 Å². The molecule has 14 heavy (non-hydrogen) atoms. The Morgan fingerprint density at radius 1 is 1.36 bits per heavy atom. The maximum Gasteiger partial charge on any atom is 0.306 e. The van der Waals surface area contributed by atoms with Crippen molar-refractivity contribution in [1.29, 1.82) is 0 Å². The van der Waals surface area contributed by atoms with Crippen LogP contribution in [0.15, 0.2) is 12.2 Å². The van der Waals surface area contributed by atoms with E-state index in [0.717, 1.165) is 0 Å². The van der Waals surface area contributed by atoms with Gasteiger partial charge in [0, 0.05) is 12.8 Å². The van der Waals surface area contributed by atoms with Gasteiger partial charge in [-0.25, -0.2) is 0 Å². The number of hydrogen-bond acceptors (Lipinski definition) is 4. The molecule has 0 aromatic rings. The Bertz CT molecular complexity index is 224. The van der Waals surface area contributed by atoms with Crippen molar-refractivity contribution in [3.05, 3.63) is 12.2 Å². The predicted molar refractivity (Wildman–Crippen MR) is 50.6 cm³/mol. The van der Waals surface area contributed by atoms with Crippen LogP contribution in [0.25, 0.3) is 0 Å². The van der Waals surface area contributed by atoms with E-state index in [2.05, 4.69) is 0 Å². The predicted octanol–water partition coefficient (Wildman–Crippen LogP) is 0.380. The van der Waals surface area contributed by atoms with Gasteiger partial charge in [-0.15, -0.1) is 0 Å². The topological polar surface area (TPSA) is 66.8 Å². The van der Waals surface area contributed by atoms with E-state index in [1.54, 1.807) is 13.0 Å². The van der Waals surface area contributed by atoms with Gasteiger partial charge in [0.25, 0.3) is 0 Å². The van der Waals surface area contributed by atoms with Crippen LogP contribution < -0.4 is 0 Å². The molecule has 0 bridgehead atoms. The molecule has 3 atom stereocenters. The van der Waals surface area contributed by atoms with E-state index >= 15 is 0 Å². The van der Waals surface area contributed by atoms with Crippen molar-refractivity contribution in [3.8, 4) is 0 Å². The molecule has 4 heteroatoms. The summed E-state index contributed by atoms with van der Waals surface area (Å²) in [6.45, 7) is 1.74. The highest BCUT2D eigenvalue weighted by atomic mass is 16.5. The summed E-state index contributed by atoms with van der Waals surface area (Å²) in [5, 5.41) is 18.7. The third-order valence-electron chi connectivity index (χ3n) is 2.11. The summed E-state index contributed by atoms with van der Waals surface area (Å²) < 4.78 is 5.00. The zero-order valence-electron chi connectivity index (χ0n) is 8.22. The molecule has 0 aliphatic carbocycles. The molecule has 0 saturated carbocycles. The average Bonchev–Trinajstić information content (AvgIpc) is 2.10. The maximum absolute atomic E-state index is 11.1. The van der Waals surface area contributed by atoms with Crippen molar-refractivity contribution < 1.29 is 19.7 Å². The second-order valence-electron chi connectivity index (χ2n) is 3.59. The SMILES string of the molecule is C[C@H]1C[C@@H](O)/C=C/[C@H](O)CCC(=O)O1. The van der Waals surface area contributed by atoms with Gasteiger partial charge < -0.3 is 14.9 Å². The Labute approximate surface area is 83.2 Å². The Kier molecular flexibility index (Phi) is 4.10. The molecule has 0 aromatic carbocycles. The maximum atomic E-state index is 11.1. The summed E-state index contributed by atoms with van der Waals surface area (Å²) in [6.07, 6.45) is 2.37. The number of rotatable bonds is 0. The molecule has 0 unspecified atom stereocenters. The van der Waals surface area contributed by atoms with E-state index in [-0.39, 0.29) is 18.5 Å². The van der Waals surface area contributed by atoms with Gasteiger partial charge in [0.2, 0.25) is 0 Å². The zero-order chi connectivity index (χ0) is 10.6. The molecule has 1 aliphatic heterocycles.